The van der Waals surface area contributed by atoms with Crippen LogP contribution in [0.15, 0.2) is 5.16 Å². The van der Waals surface area contributed by atoms with Crippen molar-refractivity contribution in [3.8, 4) is 0 Å². The van der Waals surface area contributed by atoms with Gasteiger partial charge in [-0.3, -0.25) is 4.79 Å². The Bertz CT molecular complexity index is 153. The van der Waals surface area contributed by atoms with Gasteiger partial charge >= 0.3 is 0 Å². The molecule has 9 heavy (non-hydrogen) atoms. The molecule has 0 radical (unpaired) electrons. The first kappa shape index (κ1) is 6.07. The van der Waals surface area contributed by atoms with Crippen molar-refractivity contribution in [2.75, 3.05) is 6.61 Å². The molecule has 0 bridgehead atoms. The number of primary amides is 1. The summed E-state index contributed by atoms with van der Waals surface area (Å²) < 4.78 is 0. The zero-order chi connectivity index (χ0) is 6.69. The maximum atomic E-state index is 10.2. The van der Waals surface area contributed by atoms with Gasteiger partial charge < -0.3 is 10.6 Å². The molecule has 1 rings (SSSR count). The third-order valence-electron chi connectivity index (χ3n) is 1.05. The van der Waals surface area contributed by atoms with Crippen LogP contribution in [-0.2, 0) is 9.63 Å². The smallest absolute Gasteiger partial charge is 0.223 e. The molecule has 1 aliphatic heterocycles. The number of hydrogen-bond donors (Lipinski definition) is 1. The second kappa shape index (κ2) is 2.48. The molecule has 1 amide bonds. The first-order chi connectivity index (χ1) is 4.29. The lowest BCUT2D eigenvalue weighted by molar-refractivity contribution is -0.116. The molecule has 0 aliphatic carbocycles. The summed E-state index contributed by atoms with van der Waals surface area (Å²) >= 11 is 0. The number of amides is 1. The number of carbonyl (C=O) groups excluding carboxylic acids is 1. The van der Waals surface area contributed by atoms with Gasteiger partial charge in [0, 0.05) is 6.42 Å². The molecule has 1 aliphatic rings. The maximum Gasteiger partial charge on any atom is 0.223 e. The van der Waals surface area contributed by atoms with Crippen molar-refractivity contribution in [2.45, 2.75) is 12.8 Å². The van der Waals surface area contributed by atoms with E-state index in [2.05, 4.69) is 9.99 Å². The number of rotatable bonds is 2. The van der Waals surface area contributed by atoms with Gasteiger partial charge in [0.25, 0.3) is 0 Å². The molecule has 1 heterocycles. The van der Waals surface area contributed by atoms with Crippen molar-refractivity contribution >= 4 is 11.6 Å². The van der Waals surface area contributed by atoms with E-state index < -0.39 is 0 Å². The highest BCUT2D eigenvalue weighted by molar-refractivity contribution is 6.00. The molecule has 0 aromatic rings. The van der Waals surface area contributed by atoms with Crippen molar-refractivity contribution in [1.82, 2.24) is 0 Å². The summed E-state index contributed by atoms with van der Waals surface area (Å²) in [6.45, 7) is 0.586. The van der Waals surface area contributed by atoms with Crippen LogP contribution in [0.2, 0.25) is 0 Å². The second-order valence-electron chi connectivity index (χ2n) is 1.88. The molecule has 0 saturated heterocycles. The Labute approximate surface area is 52.7 Å². The summed E-state index contributed by atoms with van der Waals surface area (Å²) in [6.07, 6.45) is 0.975. The minimum atomic E-state index is -0.348. The highest BCUT2D eigenvalue weighted by Crippen LogP contribution is 2.02. The molecule has 4 nitrogen and oxygen atoms in total. The van der Waals surface area contributed by atoms with Crippen LogP contribution < -0.4 is 5.73 Å². The zero-order valence-electron chi connectivity index (χ0n) is 4.96. The van der Waals surface area contributed by atoms with Crippen molar-refractivity contribution in [2.24, 2.45) is 10.9 Å². The molecular weight excluding hydrogens is 120 g/mol. The van der Waals surface area contributed by atoms with Crippen LogP contribution in [0, 0.1) is 0 Å². The van der Waals surface area contributed by atoms with E-state index in [1.165, 1.54) is 0 Å². The largest absolute Gasteiger partial charge is 0.395 e. The lowest BCUT2D eigenvalue weighted by atomic mass is 10.2. The molecule has 0 spiro atoms. The van der Waals surface area contributed by atoms with E-state index in [-0.39, 0.29) is 12.3 Å². The fraction of sp³-hybridized carbons (Fsp3) is 0.600. The number of hydrogen-bond acceptors (Lipinski definition) is 3. The Morgan fingerprint density at radius 1 is 1.89 bits per heavy atom. The highest BCUT2D eigenvalue weighted by atomic mass is 16.6. The Morgan fingerprint density at radius 2 is 2.67 bits per heavy atom. The van der Waals surface area contributed by atoms with Gasteiger partial charge in [0.2, 0.25) is 5.91 Å². The van der Waals surface area contributed by atoms with E-state index in [9.17, 15) is 4.79 Å². The van der Waals surface area contributed by atoms with Crippen molar-refractivity contribution in [1.29, 1.82) is 0 Å². The molecule has 0 unspecified atom stereocenters. The Kier molecular flexibility index (Phi) is 1.67. The van der Waals surface area contributed by atoms with Gasteiger partial charge in [-0.1, -0.05) is 5.16 Å². The molecule has 0 aromatic heterocycles. The molecular formula is C5H8N2O2. The van der Waals surface area contributed by atoms with Gasteiger partial charge in [-0.25, -0.2) is 0 Å². The molecule has 0 aromatic carbocycles. The lowest BCUT2D eigenvalue weighted by Crippen LogP contribution is -2.14. The predicted octanol–water partition coefficient (Wildman–Crippen LogP) is -0.362. The summed E-state index contributed by atoms with van der Waals surface area (Å²) in [7, 11) is 0. The van der Waals surface area contributed by atoms with E-state index in [1.54, 1.807) is 0 Å². The number of carbonyl (C=O) groups is 1. The molecule has 4 heteroatoms. The van der Waals surface area contributed by atoms with Crippen LogP contribution in [0.5, 0.6) is 0 Å². The average Bonchev–Trinajstić information content (AvgIpc) is 2.15. The van der Waals surface area contributed by atoms with E-state index >= 15 is 0 Å². The van der Waals surface area contributed by atoms with Crippen molar-refractivity contribution in [3.63, 3.8) is 0 Å². The van der Waals surface area contributed by atoms with Crippen LogP contribution in [0.4, 0.5) is 0 Å². The Morgan fingerprint density at radius 3 is 3.11 bits per heavy atom. The SMILES string of the molecule is NC(=O)CC1=NOCC1. The minimum Gasteiger partial charge on any atom is -0.395 e. The zero-order valence-corrected chi connectivity index (χ0v) is 4.96. The topological polar surface area (TPSA) is 64.7 Å². The van der Waals surface area contributed by atoms with E-state index in [0.717, 1.165) is 12.1 Å². The van der Waals surface area contributed by atoms with Gasteiger partial charge in [0.05, 0.1) is 12.1 Å². The summed E-state index contributed by atoms with van der Waals surface area (Å²) in [4.78, 5) is 14.9. The molecule has 0 fully saturated rings. The third kappa shape index (κ3) is 1.71. The predicted molar refractivity (Wildman–Crippen MR) is 31.8 cm³/mol. The van der Waals surface area contributed by atoms with Crippen molar-refractivity contribution in [3.05, 3.63) is 0 Å². The monoisotopic (exact) mass is 128 g/mol. The normalized spacial score (nSPS) is 16.7. The second-order valence-corrected chi connectivity index (χ2v) is 1.88. The van der Waals surface area contributed by atoms with Crippen LogP contribution in [0.3, 0.4) is 0 Å². The minimum absolute atomic E-state index is 0.236. The fourth-order valence-corrected chi connectivity index (χ4v) is 0.668. The number of nitrogens with zero attached hydrogens (tertiary/aromatic N) is 1. The Balaban J connectivity index is 2.35. The molecule has 2 N–H and O–H groups in total. The van der Waals surface area contributed by atoms with Gasteiger partial charge in [-0.2, -0.15) is 0 Å². The quantitative estimate of drug-likeness (QED) is 0.551. The summed E-state index contributed by atoms with van der Waals surface area (Å²) in [5.41, 5.74) is 5.65. The standard InChI is InChI=1S/C5H8N2O2/c6-5(8)3-4-1-2-9-7-4/h1-3H2,(H2,6,8). The summed E-state index contributed by atoms with van der Waals surface area (Å²) in [5, 5.41) is 3.59. The first-order valence-corrected chi connectivity index (χ1v) is 2.75. The molecule has 50 valence electrons. The summed E-state index contributed by atoms with van der Waals surface area (Å²) in [6, 6.07) is 0. The molecule has 0 atom stereocenters. The third-order valence-corrected chi connectivity index (χ3v) is 1.05. The van der Waals surface area contributed by atoms with Crippen LogP contribution in [0.25, 0.3) is 0 Å². The number of oxime groups is 1. The average molecular weight is 128 g/mol. The van der Waals surface area contributed by atoms with Crippen molar-refractivity contribution < 1.29 is 9.63 Å². The van der Waals surface area contributed by atoms with Crippen LogP contribution >= 0.6 is 0 Å². The lowest BCUT2D eigenvalue weighted by Gasteiger charge is -1.88. The van der Waals surface area contributed by atoms with E-state index in [0.29, 0.717) is 6.61 Å². The van der Waals surface area contributed by atoms with Crippen LogP contribution in [0.1, 0.15) is 12.8 Å². The fourth-order valence-electron chi connectivity index (χ4n) is 0.668. The first-order valence-electron chi connectivity index (χ1n) is 2.75. The van der Waals surface area contributed by atoms with Gasteiger partial charge in [0.15, 0.2) is 0 Å². The van der Waals surface area contributed by atoms with E-state index in [1.807, 2.05) is 0 Å². The molecule has 0 saturated carbocycles. The highest BCUT2D eigenvalue weighted by Gasteiger charge is 2.09. The maximum absolute atomic E-state index is 10.2. The summed E-state index contributed by atoms with van der Waals surface area (Å²) in [5.74, 6) is -0.348. The Hall–Kier alpha value is -1.06. The van der Waals surface area contributed by atoms with Gasteiger partial charge in [-0.05, 0) is 0 Å². The van der Waals surface area contributed by atoms with Crippen LogP contribution in [-0.4, -0.2) is 18.2 Å². The van der Waals surface area contributed by atoms with Gasteiger partial charge in [0.1, 0.15) is 6.61 Å². The van der Waals surface area contributed by atoms with Gasteiger partial charge in [-0.15, -0.1) is 0 Å². The number of nitrogens with two attached hydrogens (primary N) is 1. The van der Waals surface area contributed by atoms with E-state index in [4.69, 9.17) is 5.73 Å².